The zero-order chi connectivity index (χ0) is 14.5. The predicted octanol–water partition coefficient (Wildman–Crippen LogP) is 1.19. The maximum atomic E-state index is 13.7. The molecule has 0 aliphatic rings. The van der Waals surface area contributed by atoms with Crippen LogP contribution in [0.25, 0.3) is 0 Å². The quantitative estimate of drug-likeness (QED) is 0.814. The molecule has 0 aliphatic heterocycles. The van der Waals surface area contributed by atoms with E-state index in [-0.39, 0.29) is 18.3 Å². The summed E-state index contributed by atoms with van der Waals surface area (Å²) in [6.07, 6.45) is 0. The average Bonchev–Trinajstić information content (AvgIpc) is 2.36. The third kappa shape index (κ3) is 4.29. The van der Waals surface area contributed by atoms with Crippen LogP contribution in [0.15, 0.2) is 24.3 Å². The van der Waals surface area contributed by atoms with E-state index in [1.54, 1.807) is 18.2 Å². The lowest BCUT2D eigenvalue weighted by atomic mass is 9.84. The molecule has 19 heavy (non-hydrogen) atoms. The van der Waals surface area contributed by atoms with E-state index in [1.807, 2.05) is 13.8 Å². The average molecular weight is 268 g/mol. The highest BCUT2D eigenvalue weighted by atomic mass is 19.1. The van der Waals surface area contributed by atoms with E-state index in [0.29, 0.717) is 12.1 Å². The maximum Gasteiger partial charge on any atom is 0.239 e. The van der Waals surface area contributed by atoms with Crippen molar-refractivity contribution in [3.8, 4) is 0 Å². The number of nitrogens with two attached hydrogens (primary N) is 1. The summed E-state index contributed by atoms with van der Waals surface area (Å²) in [5, 5.41) is 2.72. The van der Waals surface area contributed by atoms with Gasteiger partial charge in [-0.15, -0.1) is 0 Å². The lowest BCUT2D eigenvalue weighted by Crippen LogP contribution is -2.47. The van der Waals surface area contributed by atoms with Gasteiger partial charge in [-0.2, -0.15) is 0 Å². The molecule has 0 fully saturated rings. The van der Waals surface area contributed by atoms with Crippen LogP contribution in [0.1, 0.15) is 19.4 Å². The molecule has 3 N–H and O–H groups in total. The minimum atomic E-state index is -0.707. The van der Waals surface area contributed by atoms with E-state index in [2.05, 4.69) is 5.32 Å². The summed E-state index contributed by atoms with van der Waals surface area (Å²) in [6.45, 7) is 4.21. The number of halogens is 1. The van der Waals surface area contributed by atoms with E-state index < -0.39 is 11.5 Å². The monoisotopic (exact) mass is 268 g/mol. The number of hydrogen-bond donors (Lipinski definition) is 2. The van der Waals surface area contributed by atoms with Gasteiger partial charge in [0.25, 0.3) is 0 Å². The second kappa shape index (κ2) is 6.63. The van der Waals surface area contributed by atoms with Crippen LogP contribution >= 0.6 is 0 Å². The van der Waals surface area contributed by atoms with Crippen molar-refractivity contribution in [1.82, 2.24) is 5.32 Å². The summed E-state index contributed by atoms with van der Waals surface area (Å²) >= 11 is 0. The van der Waals surface area contributed by atoms with Crippen molar-refractivity contribution in [3.63, 3.8) is 0 Å². The number of benzene rings is 1. The summed E-state index contributed by atoms with van der Waals surface area (Å²) in [4.78, 5) is 11.7. The second-order valence-corrected chi connectivity index (χ2v) is 5.14. The molecule has 0 radical (unpaired) electrons. The van der Waals surface area contributed by atoms with Crippen LogP contribution in [-0.4, -0.2) is 32.2 Å². The number of nitrogens with one attached hydrogen (secondary N) is 1. The number of amides is 1. The summed E-state index contributed by atoms with van der Waals surface area (Å²) in [6, 6.07) is 5.84. The largest absolute Gasteiger partial charge is 0.383 e. The topological polar surface area (TPSA) is 64.3 Å². The molecule has 0 aliphatic carbocycles. The Balaban J connectivity index is 2.66. The molecule has 0 heterocycles. The first-order chi connectivity index (χ1) is 8.88. The Kier molecular flexibility index (Phi) is 5.44. The minimum Gasteiger partial charge on any atom is -0.383 e. The van der Waals surface area contributed by atoms with Gasteiger partial charge in [-0.05, 0) is 11.6 Å². The van der Waals surface area contributed by atoms with Crippen molar-refractivity contribution in [1.29, 1.82) is 0 Å². The number of carbonyl (C=O) groups excluding carboxylic acids is 1. The zero-order valence-corrected chi connectivity index (χ0v) is 11.6. The molecule has 1 unspecified atom stereocenters. The lowest BCUT2D eigenvalue weighted by Gasteiger charge is -2.26. The van der Waals surface area contributed by atoms with E-state index in [4.69, 9.17) is 10.5 Å². The minimum absolute atomic E-state index is 0.159. The number of methoxy groups -OCH3 is 1. The second-order valence-electron chi connectivity index (χ2n) is 5.14. The SMILES string of the molecule is COCC(N)C(=O)NCC(C)(C)c1ccccc1F. The molecule has 1 amide bonds. The van der Waals surface area contributed by atoms with E-state index in [9.17, 15) is 9.18 Å². The highest BCUT2D eigenvalue weighted by Crippen LogP contribution is 2.24. The van der Waals surface area contributed by atoms with Crippen LogP contribution in [0, 0.1) is 5.82 Å². The van der Waals surface area contributed by atoms with Crippen LogP contribution in [0.4, 0.5) is 4.39 Å². The van der Waals surface area contributed by atoms with Crippen LogP contribution in [0.5, 0.6) is 0 Å². The van der Waals surface area contributed by atoms with Crippen molar-refractivity contribution in [2.45, 2.75) is 25.3 Å². The van der Waals surface area contributed by atoms with Crippen LogP contribution < -0.4 is 11.1 Å². The Morgan fingerprint density at radius 1 is 1.47 bits per heavy atom. The third-order valence-corrected chi connectivity index (χ3v) is 2.99. The van der Waals surface area contributed by atoms with E-state index in [0.717, 1.165) is 0 Å². The van der Waals surface area contributed by atoms with Gasteiger partial charge in [-0.3, -0.25) is 4.79 Å². The molecule has 0 spiro atoms. The van der Waals surface area contributed by atoms with Gasteiger partial charge in [0.1, 0.15) is 11.9 Å². The molecule has 0 saturated carbocycles. The van der Waals surface area contributed by atoms with E-state index >= 15 is 0 Å². The summed E-state index contributed by atoms with van der Waals surface area (Å²) in [7, 11) is 1.48. The number of rotatable bonds is 6. The Morgan fingerprint density at radius 2 is 2.11 bits per heavy atom. The normalized spacial score (nSPS) is 13.1. The van der Waals surface area contributed by atoms with Crippen molar-refractivity contribution in [3.05, 3.63) is 35.6 Å². The highest BCUT2D eigenvalue weighted by molar-refractivity contribution is 5.81. The lowest BCUT2D eigenvalue weighted by molar-refractivity contribution is -0.123. The van der Waals surface area contributed by atoms with Gasteiger partial charge >= 0.3 is 0 Å². The van der Waals surface area contributed by atoms with Crippen LogP contribution in [0.2, 0.25) is 0 Å². The summed E-state index contributed by atoms with van der Waals surface area (Å²) < 4.78 is 18.5. The predicted molar refractivity (Wildman–Crippen MR) is 72.3 cm³/mol. The van der Waals surface area contributed by atoms with Gasteiger partial charge in [-0.1, -0.05) is 32.0 Å². The smallest absolute Gasteiger partial charge is 0.239 e. The summed E-state index contributed by atoms with van der Waals surface area (Å²) in [5.41, 5.74) is 5.67. The van der Waals surface area contributed by atoms with Crippen molar-refractivity contribution >= 4 is 5.91 Å². The first-order valence-electron chi connectivity index (χ1n) is 6.15. The van der Waals surface area contributed by atoms with Gasteiger partial charge in [-0.25, -0.2) is 4.39 Å². The van der Waals surface area contributed by atoms with Crippen molar-refractivity contribution in [2.24, 2.45) is 5.73 Å². The highest BCUT2D eigenvalue weighted by Gasteiger charge is 2.25. The summed E-state index contributed by atoms with van der Waals surface area (Å²) in [5.74, 6) is -0.575. The van der Waals surface area contributed by atoms with E-state index in [1.165, 1.54) is 13.2 Å². The first kappa shape index (κ1) is 15.6. The zero-order valence-electron chi connectivity index (χ0n) is 11.6. The molecular formula is C14H21FN2O2. The van der Waals surface area contributed by atoms with Crippen LogP contribution in [-0.2, 0) is 14.9 Å². The van der Waals surface area contributed by atoms with Gasteiger partial charge in [0.05, 0.1) is 6.61 Å². The molecule has 1 aromatic carbocycles. The standard InChI is InChI=1S/C14H21FN2O2/c1-14(2,10-6-4-5-7-11(10)15)9-17-13(18)12(16)8-19-3/h4-7,12H,8-9,16H2,1-3H3,(H,17,18). The van der Waals surface area contributed by atoms with Gasteiger partial charge in [0.2, 0.25) is 5.91 Å². The van der Waals surface area contributed by atoms with Crippen LogP contribution in [0.3, 0.4) is 0 Å². The Labute approximate surface area is 113 Å². The Bertz CT molecular complexity index is 435. The van der Waals surface area contributed by atoms with Crippen molar-refractivity contribution < 1.29 is 13.9 Å². The third-order valence-electron chi connectivity index (χ3n) is 2.99. The first-order valence-corrected chi connectivity index (χ1v) is 6.15. The number of carbonyl (C=O) groups is 1. The van der Waals surface area contributed by atoms with Crippen molar-refractivity contribution in [2.75, 3.05) is 20.3 Å². The fourth-order valence-corrected chi connectivity index (χ4v) is 1.80. The molecule has 1 atom stereocenters. The molecule has 0 bridgehead atoms. The molecule has 1 aromatic rings. The Hall–Kier alpha value is -1.46. The fraction of sp³-hybridized carbons (Fsp3) is 0.500. The molecule has 1 rings (SSSR count). The molecular weight excluding hydrogens is 247 g/mol. The number of hydrogen-bond acceptors (Lipinski definition) is 3. The fourth-order valence-electron chi connectivity index (χ4n) is 1.80. The molecule has 0 saturated heterocycles. The molecule has 5 heteroatoms. The maximum absolute atomic E-state index is 13.7. The Morgan fingerprint density at radius 3 is 2.68 bits per heavy atom. The van der Waals surface area contributed by atoms with Gasteiger partial charge < -0.3 is 15.8 Å². The van der Waals surface area contributed by atoms with Gasteiger partial charge in [0, 0.05) is 19.1 Å². The molecule has 0 aromatic heterocycles. The molecule has 106 valence electrons. The molecule has 4 nitrogen and oxygen atoms in total. The van der Waals surface area contributed by atoms with Gasteiger partial charge in [0.15, 0.2) is 0 Å². The number of ether oxygens (including phenoxy) is 1.